The predicted molar refractivity (Wildman–Crippen MR) is 128 cm³/mol. The molecule has 0 aliphatic carbocycles. The highest BCUT2D eigenvalue weighted by Crippen LogP contribution is 2.19. The summed E-state index contributed by atoms with van der Waals surface area (Å²) in [6.07, 6.45) is 1.72. The van der Waals surface area contributed by atoms with Gasteiger partial charge in [-0.05, 0) is 46.7 Å². The lowest BCUT2D eigenvalue weighted by Crippen LogP contribution is -2.37. The van der Waals surface area contributed by atoms with E-state index in [9.17, 15) is 4.39 Å². The van der Waals surface area contributed by atoms with Gasteiger partial charge in [0.05, 0.1) is 19.4 Å². The Labute approximate surface area is 190 Å². The van der Waals surface area contributed by atoms with Gasteiger partial charge in [-0.25, -0.2) is 9.82 Å². The summed E-state index contributed by atoms with van der Waals surface area (Å²) >= 11 is 0. The molecule has 1 aliphatic rings. The van der Waals surface area contributed by atoms with Crippen LogP contribution in [0.5, 0.6) is 0 Å². The van der Waals surface area contributed by atoms with E-state index in [1.807, 2.05) is 23.1 Å². The number of aromatic nitrogens is 3. The Morgan fingerprint density at radius 3 is 2.45 bits per heavy atom. The maximum absolute atomic E-state index is 13.2. The van der Waals surface area contributed by atoms with Crippen LogP contribution in [0.25, 0.3) is 10.8 Å². The number of fused-ring (bicyclic) bond motifs is 1. The molecule has 3 aromatic carbocycles. The summed E-state index contributed by atoms with van der Waals surface area (Å²) in [4.78, 5) is 15.5. The van der Waals surface area contributed by atoms with Crippen molar-refractivity contribution in [3.63, 3.8) is 0 Å². The first-order chi connectivity index (χ1) is 16.2. The van der Waals surface area contributed by atoms with Gasteiger partial charge in [-0.2, -0.15) is 20.1 Å². The third kappa shape index (κ3) is 5.21. The molecule has 1 aliphatic heterocycles. The molecule has 0 radical (unpaired) electrons. The topological polar surface area (TPSA) is 87.6 Å². The highest BCUT2D eigenvalue weighted by atomic mass is 19.1. The Balaban J connectivity index is 1.38. The van der Waals surface area contributed by atoms with Crippen molar-refractivity contribution in [3.8, 4) is 0 Å². The second-order valence-electron chi connectivity index (χ2n) is 7.49. The normalized spacial score (nSPS) is 14.0. The van der Waals surface area contributed by atoms with Crippen molar-refractivity contribution in [1.82, 2.24) is 15.0 Å². The maximum Gasteiger partial charge on any atom is 0.250 e. The van der Waals surface area contributed by atoms with Gasteiger partial charge in [-0.15, -0.1) is 0 Å². The summed E-state index contributed by atoms with van der Waals surface area (Å²) < 4.78 is 18.7. The quantitative estimate of drug-likeness (QED) is 0.341. The van der Waals surface area contributed by atoms with Gasteiger partial charge < -0.3 is 15.0 Å². The number of hydrogen-bond acceptors (Lipinski definition) is 8. The summed E-state index contributed by atoms with van der Waals surface area (Å²) in [5, 5.41) is 9.73. The van der Waals surface area contributed by atoms with Crippen LogP contribution in [-0.4, -0.2) is 47.5 Å². The Morgan fingerprint density at radius 2 is 1.64 bits per heavy atom. The average molecular weight is 443 g/mol. The molecule has 33 heavy (non-hydrogen) atoms. The van der Waals surface area contributed by atoms with E-state index in [1.54, 1.807) is 18.3 Å². The molecule has 0 saturated carbocycles. The molecule has 1 aromatic heterocycles. The molecular formula is C24H22FN7O. The lowest BCUT2D eigenvalue weighted by Gasteiger charge is -2.27. The Morgan fingerprint density at radius 1 is 0.879 bits per heavy atom. The largest absolute Gasteiger partial charge is 0.378 e. The van der Waals surface area contributed by atoms with Crippen LogP contribution >= 0.6 is 0 Å². The summed E-state index contributed by atoms with van der Waals surface area (Å²) in [5.41, 5.74) is 4.53. The fourth-order valence-electron chi connectivity index (χ4n) is 3.49. The van der Waals surface area contributed by atoms with Crippen LogP contribution in [0.2, 0.25) is 0 Å². The van der Waals surface area contributed by atoms with Crippen molar-refractivity contribution in [3.05, 3.63) is 78.1 Å². The molecule has 0 unspecified atom stereocenters. The van der Waals surface area contributed by atoms with E-state index in [2.05, 4.69) is 55.1 Å². The van der Waals surface area contributed by atoms with Gasteiger partial charge in [0.2, 0.25) is 17.8 Å². The van der Waals surface area contributed by atoms with Crippen molar-refractivity contribution in [2.45, 2.75) is 0 Å². The van der Waals surface area contributed by atoms with Crippen molar-refractivity contribution >= 4 is 40.5 Å². The molecule has 0 amide bonds. The molecule has 2 N–H and O–H groups in total. The molecule has 0 bridgehead atoms. The molecule has 8 nitrogen and oxygen atoms in total. The summed E-state index contributed by atoms with van der Waals surface area (Å²) in [5.74, 6) is 0.839. The molecule has 4 aromatic rings. The summed E-state index contributed by atoms with van der Waals surface area (Å²) in [6, 6.07) is 20.3. The number of nitrogens with one attached hydrogen (secondary N) is 2. The number of halogens is 1. The second-order valence-corrected chi connectivity index (χ2v) is 7.49. The molecule has 2 heterocycles. The molecule has 166 valence electrons. The Bertz CT molecular complexity index is 1270. The SMILES string of the molecule is Fc1ccc(Nc2nc(NN=Cc3ccc4ccccc4c3)nc(N3CCOCC3)n2)cc1. The van der Waals surface area contributed by atoms with Crippen LogP contribution < -0.4 is 15.6 Å². The Kier molecular flexibility index (Phi) is 6.03. The first kappa shape index (κ1) is 20.8. The van der Waals surface area contributed by atoms with Crippen LogP contribution in [0, 0.1) is 5.82 Å². The van der Waals surface area contributed by atoms with Crippen LogP contribution in [0.3, 0.4) is 0 Å². The van der Waals surface area contributed by atoms with Crippen molar-refractivity contribution < 1.29 is 9.13 Å². The smallest absolute Gasteiger partial charge is 0.250 e. The Hall–Kier alpha value is -4.11. The molecule has 1 fully saturated rings. The fourth-order valence-corrected chi connectivity index (χ4v) is 3.49. The lowest BCUT2D eigenvalue weighted by molar-refractivity contribution is 0.122. The zero-order chi connectivity index (χ0) is 22.5. The van der Waals surface area contributed by atoms with E-state index in [1.165, 1.54) is 17.5 Å². The van der Waals surface area contributed by atoms with Crippen molar-refractivity contribution in [1.29, 1.82) is 0 Å². The van der Waals surface area contributed by atoms with E-state index < -0.39 is 0 Å². The van der Waals surface area contributed by atoms with Gasteiger partial charge >= 0.3 is 0 Å². The summed E-state index contributed by atoms with van der Waals surface area (Å²) in [7, 11) is 0. The van der Waals surface area contributed by atoms with Gasteiger partial charge in [0, 0.05) is 18.8 Å². The standard InChI is InChI=1S/C24H22FN7O/c25-20-7-9-21(10-8-20)27-22-28-23(30-24(29-22)32-11-13-33-14-12-32)31-26-16-17-5-6-18-3-1-2-4-19(18)15-17/h1-10,15-16H,11-14H2,(H2,27,28,29,30,31). The van der Waals surface area contributed by atoms with Crippen molar-refractivity contribution in [2.24, 2.45) is 5.10 Å². The van der Waals surface area contributed by atoms with Crippen molar-refractivity contribution in [2.75, 3.05) is 41.9 Å². The van der Waals surface area contributed by atoms with Gasteiger partial charge in [0.25, 0.3) is 0 Å². The highest BCUT2D eigenvalue weighted by molar-refractivity contribution is 5.90. The number of rotatable bonds is 6. The van der Waals surface area contributed by atoms with Crippen LogP contribution in [0.1, 0.15) is 5.56 Å². The van der Waals surface area contributed by atoms with Crippen LogP contribution in [0.4, 0.5) is 27.9 Å². The van der Waals surface area contributed by atoms with E-state index >= 15 is 0 Å². The molecule has 5 rings (SSSR count). The summed E-state index contributed by atoms with van der Waals surface area (Å²) in [6.45, 7) is 2.57. The minimum atomic E-state index is -0.310. The fraction of sp³-hybridized carbons (Fsp3) is 0.167. The van der Waals surface area contributed by atoms with Gasteiger partial charge in [0.15, 0.2) is 0 Å². The van der Waals surface area contributed by atoms with E-state index in [-0.39, 0.29) is 5.82 Å². The van der Waals surface area contributed by atoms with Gasteiger partial charge in [-0.1, -0.05) is 36.4 Å². The van der Waals surface area contributed by atoms with Crippen LogP contribution in [-0.2, 0) is 4.74 Å². The number of benzene rings is 3. The first-order valence-corrected chi connectivity index (χ1v) is 10.6. The number of morpholine rings is 1. The number of hydrogen-bond donors (Lipinski definition) is 2. The van der Waals surface area contributed by atoms with E-state index in [0.717, 1.165) is 10.9 Å². The lowest BCUT2D eigenvalue weighted by atomic mass is 10.1. The molecular weight excluding hydrogens is 421 g/mol. The van der Waals surface area contributed by atoms with Crippen LogP contribution in [0.15, 0.2) is 71.8 Å². The van der Waals surface area contributed by atoms with E-state index in [4.69, 9.17) is 4.74 Å². The molecule has 0 atom stereocenters. The minimum Gasteiger partial charge on any atom is -0.378 e. The second kappa shape index (κ2) is 9.58. The molecule has 9 heteroatoms. The number of nitrogens with zero attached hydrogens (tertiary/aromatic N) is 5. The molecule has 1 saturated heterocycles. The third-order valence-electron chi connectivity index (χ3n) is 5.17. The zero-order valence-corrected chi connectivity index (χ0v) is 17.8. The minimum absolute atomic E-state index is 0.299. The van der Waals surface area contributed by atoms with Gasteiger partial charge in [0.1, 0.15) is 5.82 Å². The number of ether oxygens (including phenoxy) is 1. The number of anilines is 4. The maximum atomic E-state index is 13.2. The average Bonchev–Trinajstić information content (AvgIpc) is 2.86. The zero-order valence-electron chi connectivity index (χ0n) is 17.8. The highest BCUT2D eigenvalue weighted by Gasteiger charge is 2.16. The molecule has 0 spiro atoms. The predicted octanol–water partition coefficient (Wildman–Crippen LogP) is 4.19. The first-order valence-electron chi connectivity index (χ1n) is 10.6. The monoisotopic (exact) mass is 443 g/mol. The third-order valence-corrected chi connectivity index (χ3v) is 5.17. The number of hydrazone groups is 1. The van der Waals surface area contributed by atoms with Gasteiger partial charge in [-0.3, -0.25) is 0 Å². The van der Waals surface area contributed by atoms with E-state index in [0.29, 0.717) is 49.8 Å².